The molecule has 1 aromatic rings. The SMILES string of the molecule is O=C(CCCC(=O)N1CCc2ccccc2C1)NCC1(CO)CCC1. The van der Waals surface area contributed by atoms with Gasteiger partial charge in [0.1, 0.15) is 0 Å². The summed E-state index contributed by atoms with van der Waals surface area (Å²) in [7, 11) is 0. The van der Waals surface area contributed by atoms with Crippen LogP contribution in [-0.2, 0) is 22.6 Å². The average Bonchev–Trinajstić information content (AvgIpc) is 2.60. The van der Waals surface area contributed by atoms with Crippen LogP contribution in [0.15, 0.2) is 24.3 Å². The first-order valence-corrected chi connectivity index (χ1v) is 9.34. The first-order chi connectivity index (χ1) is 12.1. The van der Waals surface area contributed by atoms with Gasteiger partial charge in [0.05, 0.1) is 6.61 Å². The van der Waals surface area contributed by atoms with Crippen LogP contribution in [0.4, 0.5) is 0 Å². The molecule has 0 saturated heterocycles. The largest absolute Gasteiger partial charge is 0.396 e. The molecule has 0 aromatic heterocycles. The van der Waals surface area contributed by atoms with Crippen molar-refractivity contribution in [2.45, 2.75) is 51.5 Å². The summed E-state index contributed by atoms with van der Waals surface area (Å²) >= 11 is 0. The van der Waals surface area contributed by atoms with E-state index in [1.54, 1.807) is 0 Å². The Bertz CT molecular complexity index is 620. The lowest BCUT2D eigenvalue weighted by Gasteiger charge is -2.40. The van der Waals surface area contributed by atoms with Crippen molar-refractivity contribution in [2.24, 2.45) is 5.41 Å². The molecule has 1 aromatic carbocycles. The van der Waals surface area contributed by atoms with Gasteiger partial charge in [0, 0.05) is 37.9 Å². The van der Waals surface area contributed by atoms with Crippen molar-refractivity contribution < 1.29 is 14.7 Å². The molecule has 0 unspecified atom stereocenters. The van der Waals surface area contributed by atoms with Crippen molar-refractivity contribution in [1.82, 2.24) is 10.2 Å². The molecule has 2 N–H and O–H groups in total. The standard InChI is InChI=1S/C20H28N2O3/c23-15-20(10-4-11-20)14-21-18(24)7-3-8-19(25)22-12-9-16-5-1-2-6-17(16)13-22/h1-2,5-6,23H,3-4,7-15H2,(H,21,24). The van der Waals surface area contributed by atoms with E-state index in [1.165, 1.54) is 11.1 Å². The topological polar surface area (TPSA) is 69.6 Å². The minimum absolute atomic E-state index is 0.0171. The zero-order valence-corrected chi connectivity index (χ0v) is 14.8. The quantitative estimate of drug-likeness (QED) is 0.795. The number of carbonyl (C=O) groups excluding carboxylic acids is 2. The van der Waals surface area contributed by atoms with E-state index in [0.717, 1.165) is 32.2 Å². The van der Waals surface area contributed by atoms with E-state index in [9.17, 15) is 14.7 Å². The summed E-state index contributed by atoms with van der Waals surface area (Å²) in [6.07, 6.45) is 5.38. The third kappa shape index (κ3) is 4.40. The van der Waals surface area contributed by atoms with Gasteiger partial charge in [0.15, 0.2) is 0 Å². The summed E-state index contributed by atoms with van der Waals surface area (Å²) in [5.74, 6) is 0.115. The van der Waals surface area contributed by atoms with Crippen molar-refractivity contribution >= 4 is 11.8 Å². The van der Waals surface area contributed by atoms with E-state index in [-0.39, 0.29) is 23.8 Å². The van der Waals surface area contributed by atoms with Gasteiger partial charge in [0.25, 0.3) is 0 Å². The smallest absolute Gasteiger partial charge is 0.222 e. The number of nitrogens with one attached hydrogen (secondary N) is 1. The first kappa shape index (κ1) is 17.9. The summed E-state index contributed by atoms with van der Waals surface area (Å²) < 4.78 is 0. The zero-order valence-electron chi connectivity index (χ0n) is 14.8. The number of rotatable bonds is 7. The van der Waals surface area contributed by atoms with Gasteiger partial charge in [-0.1, -0.05) is 30.7 Å². The van der Waals surface area contributed by atoms with Gasteiger partial charge >= 0.3 is 0 Å². The summed E-state index contributed by atoms with van der Waals surface area (Å²) in [5.41, 5.74) is 2.47. The Morgan fingerprint density at radius 3 is 2.60 bits per heavy atom. The zero-order chi connectivity index (χ0) is 17.7. The normalized spacial score (nSPS) is 18.2. The maximum absolute atomic E-state index is 12.4. The summed E-state index contributed by atoms with van der Waals surface area (Å²) in [6, 6.07) is 8.26. The number of carbonyl (C=O) groups is 2. The van der Waals surface area contributed by atoms with Crippen LogP contribution in [0.2, 0.25) is 0 Å². The van der Waals surface area contributed by atoms with Gasteiger partial charge in [-0.2, -0.15) is 0 Å². The van der Waals surface area contributed by atoms with Crippen LogP contribution >= 0.6 is 0 Å². The predicted octanol–water partition coefficient (Wildman–Crippen LogP) is 2.02. The van der Waals surface area contributed by atoms with Crippen molar-refractivity contribution in [2.75, 3.05) is 19.7 Å². The molecular weight excluding hydrogens is 316 g/mol. The van der Waals surface area contributed by atoms with Crippen molar-refractivity contribution in [3.63, 3.8) is 0 Å². The Morgan fingerprint density at radius 2 is 1.92 bits per heavy atom. The lowest BCUT2D eigenvalue weighted by molar-refractivity contribution is -0.132. The molecule has 0 radical (unpaired) electrons. The Kier molecular flexibility index (Phi) is 5.74. The molecule has 5 nitrogen and oxygen atoms in total. The molecule has 3 rings (SSSR count). The highest BCUT2D eigenvalue weighted by molar-refractivity contribution is 5.79. The maximum atomic E-state index is 12.4. The Morgan fingerprint density at radius 1 is 1.16 bits per heavy atom. The summed E-state index contributed by atoms with van der Waals surface area (Å²) in [5, 5.41) is 12.3. The molecule has 1 aliphatic heterocycles. The molecule has 0 atom stereocenters. The fourth-order valence-electron chi connectivity index (χ4n) is 3.71. The number of benzene rings is 1. The van der Waals surface area contributed by atoms with E-state index < -0.39 is 0 Å². The molecule has 2 amide bonds. The van der Waals surface area contributed by atoms with Gasteiger partial charge in [-0.3, -0.25) is 9.59 Å². The van der Waals surface area contributed by atoms with E-state index in [4.69, 9.17) is 0 Å². The minimum Gasteiger partial charge on any atom is -0.396 e. The number of aliphatic hydroxyl groups is 1. The molecule has 1 heterocycles. The molecule has 25 heavy (non-hydrogen) atoms. The average molecular weight is 344 g/mol. The summed E-state index contributed by atoms with van der Waals surface area (Å²) in [4.78, 5) is 26.2. The minimum atomic E-state index is -0.0906. The van der Waals surface area contributed by atoms with E-state index in [1.807, 2.05) is 17.0 Å². The van der Waals surface area contributed by atoms with E-state index in [2.05, 4.69) is 17.4 Å². The molecule has 5 heteroatoms. The third-order valence-electron chi connectivity index (χ3n) is 5.69. The molecule has 1 saturated carbocycles. The first-order valence-electron chi connectivity index (χ1n) is 9.34. The predicted molar refractivity (Wildman–Crippen MR) is 95.8 cm³/mol. The molecule has 0 bridgehead atoms. The number of fused-ring (bicyclic) bond motifs is 1. The monoisotopic (exact) mass is 344 g/mol. The van der Waals surface area contributed by atoms with Crippen LogP contribution < -0.4 is 5.32 Å². The highest BCUT2D eigenvalue weighted by Gasteiger charge is 2.36. The van der Waals surface area contributed by atoms with E-state index >= 15 is 0 Å². The molecule has 1 fully saturated rings. The molecule has 136 valence electrons. The fourth-order valence-corrected chi connectivity index (χ4v) is 3.71. The summed E-state index contributed by atoms with van der Waals surface area (Å²) in [6.45, 7) is 2.14. The second-order valence-corrected chi connectivity index (χ2v) is 7.48. The molecule has 0 spiro atoms. The number of nitrogens with zero attached hydrogens (tertiary/aromatic N) is 1. The van der Waals surface area contributed by atoms with E-state index in [0.29, 0.717) is 32.4 Å². The Balaban J connectivity index is 1.36. The Labute approximate surface area is 149 Å². The Hall–Kier alpha value is -1.88. The van der Waals surface area contributed by atoms with Gasteiger partial charge in [-0.15, -0.1) is 0 Å². The van der Waals surface area contributed by atoms with Crippen molar-refractivity contribution in [3.8, 4) is 0 Å². The van der Waals surface area contributed by atoms with Crippen LogP contribution in [0.1, 0.15) is 49.7 Å². The number of amides is 2. The van der Waals surface area contributed by atoms with Gasteiger partial charge in [-0.25, -0.2) is 0 Å². The lowest BCUT2D eigenvalue weighted by atomic mass is 9.69. The molecular formula is C20H28N2O3. The van der Waals surface area contributed by atoms with Crippen LogP contribution in [0.5, 0.6) is 0 Å². The van der Waals surface area contributed by atoms with Crippen LogP contribution in [0.25, 0.3) is 0 Å². The molecule has 2 aliphatic rings. The molecule has 1 aliphatic carbocycles. The van der Waals surface area contributed by atoms with Crippen molar-refractivity contribution in [1.29, 1.82) is 0 Å². The fraction of sp³-hybridized carbons (Fsp3) is 0.600. The van der Waals surface area contributed by atoms with Crippen LogP contribution in [0.3, 0.4) is 0 Å². The highest BCUT2D eigenvalue weighted by Crippen LogP contribution is 2.39. The van der Waals surface area contributed by atoms with Gasteiger partial charge in [0.2, 0.25) is 11.8 Å². The van der Waals surface area contributed by atoms with Crippen LogP contribution in [0, 0.1) is 5.41 Å². The number of aliphatic hydroxyl groups excluding tert-OH is 1. The second-order valence-electron chi connectivity index (χ2n) is 7.48. The van der Waals surface area contributed by atoms with Gasteiger partial charge in [-0.05, 0) is 36.8 Å². The van der Waals surface area contributed by atoms with Gasteiger partial charge < -0.3 is 15.3 Å². The lowest BCUT2D eigenvalue weighted by Crippen LogP contribution is -2.44. The maximum Gasteiger partial charge on any atom is 0.222 e. The number of hydrogen-bond donors (Lipinski definition) is 2. The van der Waals surface area contributed by atoms with Crippen molar-refractivity contribution in [3.05, 3.63) is 35.4 Å². The second kappa shape index (κ2) is 8.00. The van der Waals surface area contributed by atoms with Crippen LogP contribution in [-0.4, -0.2) is 41.5 Å². The number of hydrogen-bond acceptors (Lipinski definition) is 3. The highest BCUT2D eigenvalue weighted by atomic mass is 16.3. The third-order valence-corrected chi connectivity index (χ3v) is 5.69.